The van der Waals surface area contributed by atoms with Crippen LogP contribution < -0.4 is 39.1 Å². The SMILES string of the molecule is CCC(C)(C)C(=O)C(=O)N1CCCCC1C(=O)O[C@H](CCc1ccc(OC)c(OC)c1)c1cccc(OCC(=O)NCCNC(=O)COc2cccc([C@@H](CCc3ccc(OC)c(OC)c3)OC(=O)C3CCCCN3C(=O)C(=O)C(C)(C)CC)c2)c1. The number of Topliss-reactive ketones (excluding diaryl/α,β-unsaturated/α-hetero) is 2. The van der Waals surface area contributed by atoms with Crippen LogP contribution in [0.2, 0.25) is 0 Å². The van der Waals surface area contributed by atoms with Gasteiger partial charge in [-0.2, -0.15) is 0 Å². The molecule has 0 spiro atoms. The van der Waals surface area contributed by atoms with E-state index in [0.717, 1.165) is 11.1 Å². The zero-order valence-corrected chi connectivity index (χ0v) is 51.5. The van der Waals surface area contributed by atoms with E-state index < -0.39 is 82.3 Å². The highest BCUT2D eigenvalue weighted by atomic mass is 16.6. The number of piperidine rings is 2. The molecule has 2 aliphatic heterocycles. The van der Waals surface area contributed by atoms with Crippen molar-refractivity contribution in [2.45, 2.75) is 143 Å². The monoisotopic (exact) mass is 1190 g/mol. The Kier molecular flexibility index (Phi) is 24.8. The van der Waals surface area contributed by atoms with E-state index >= 15 is 0 Å². The molecule has 86 heavy (non-hydrogen) atoms. The Morgan fingerprint density at radius 3 is 1.26 bits per heavy atom. The highest BCUT2D eigenvalue weighted by molar-refractivity contribution is 6.38. The van der Waals surface area contributed by atoms with Crippen LogP contribution in [0, 0.1) is 10.8 Å². The number of nitrogens with zero attached hydrogens (tertiary/aromatic N) is 2. The number of nitrogens with one attached hydrogen (secondary N) is 2. The predicted molar refractivity (Wildman–Crippen MR) is 320 cm³/mol. The fourth-order valence-electron chi connectivity index (χ4n) is 10.1. The van der Waals surface area contributed by atoms with Gasteiger partial charge in [-0.05, 0) is 148 Å². The summed E-state index contributed by atoms with van der Waals surface area (Å²) in [4.78, 5) is 111. The topological polar surface area (TPSA) is 241 Å². The molecule has 6 rings (SSSR count). The minimum absolute atomic E-state index is 0.0709. The first-order valence-electron chi connectivity index (χ1n) is 29.7. The lowest BCUT2D eigenvalue weighted by Crippen LogP contribution is -2.53. The third-order valence-corrected chi connectivity index (χ3v) is 16.2. The van der Waals surface area contributed by atoms with Crippen LogP contribution in [-0.2, 0) is 60.7 Å². The Morgan fingerprint density at radius 2 is 0.895 bits per heavy atom. The Morgan fingerprint density at radius 1 is 0.512 bits per heavy atom. The zero-order chi connectivity index (χ0) is 62.6. The second-order valence-corrected chi connectivity index (χ2v) is 22.9. The molecular formula is C66H86N4O16. The quantitative estimate of drug-likeness (QED) is 0.0272. The summed E-state index contributed by atoms with van der Waals surface area (Å²) in [5.41, 5.74) is 1.17. The standard InChI is InChI=1S/C66H86N4O16/c1-11-65(3,4)59(73)61(75)69-35-15-13-23-49(69)63(77)85-51(29-25-43-27-31-53(79-7)55(37-43)81-9)45-19-17-21-47(39-45)83-41-57(71)67-33-34-68-58(72)42-84-48-22-18-20-46(40-48)52(30-26-44-28-32-54(80-8)56(38-44)82-10)86-64(78)50-24-14-16-36-70(50)62(76)60(74)66(5,6)12-2/h17-22,27-28,31-32,37-40,49-52H,11-16,23-26,29-30,33-36,41-42H2,1-10H3,(H,67,71)(H,68,72)/t49?,50?,51-,52-/m1/s1. The molecule has 0 aromatic heterocycles. The lowest BCUT2D eigenvalue weighted by molar-refractivity contribution is -0.165. The molecule has 2 N–H and O–H groups in total. The fourth-order valence-corrected chi connectivity index (χ4v) is 10.1. The third kappa shape index (κ3) is 18.2. The van der Waals surface area contributed by atoms with Crippen LogP contribution in [-0.4, -0.2) is 137 Å². The summed E-state index contributed by atoms with van der Waals surface area (Å²) in [6.45, 7) is 10.5. The van der Waals surface area contributed by atoms with Crippen molar-refractivity contribution in [3.63, 3.8) is 0 Å². The molecule has 2 aliphatic rings. The summed E-state index contributed by atoms with van der Waals surface area (Å²) in [6, 6.07) is 22.9. The summed E-state index contributed by atoms with van der Waals surface area (Å²) in [5, 5.41) is 5.47. The second-order valence-electron chi connectivity index (χ2n) is 22.9. The lowest BCUT2D eigenvalue weighted by atomic mass is 9.84. The smallest absolute Gasteiger partial charge is 0.329 e. The van der Waals surface area contributed by atoms with Crippen LogP contribution >= 0.6 is 0 Å². The molecule has 4 aromatic rings. The number of rotatable bonds is 31. The number of amides is 4. The van der Waals surface area contributed by atoms with Gasteiger partial charge in [-0.25, -0.2) is 9.59 Å². The van der Waals surface area contributed by atoms with Gasteiger partial charge in [0, 0.05) is 37.0 Å². The van der Waals surface area contributed by atoms with E-state index in [1.165, 1.54) is 9.80 Å². The van der Waals surface area contributed by atoms with Gasteiger partial charge in [0.1, 0.15) is 35.8 Å². The van der Waals surface area contributed by atoms with Crippen LogP contribution in [0.4, 0.5) is 0 Å². The van der Waals surface area contributed by atoms with Crippen LogP contribution in [0.15, 0.2) is 84.9 Å². The van der Waals surface area contributed by atoms with Crippen LogP contribution in [0.25, 0.3) is 0 Å². The first-order chi connectivity index (χ1) is 41.2. The number of carbonyl (C=O) groups excluding carboxylic acids is 8. The van der Waals surface area contributed by atoms with Crippen molar-refractivity contribution in [3.05, 3.63) is 107 Å². The van der Waals surface area contributed by atoms with Gasteiger partial charge >= 0.3 is 11.9 Å². The Hall–Kier alpha value is -8.16. The molecule has 20 nitrogen and oxygen atoms in total. The van der Waals surface area contributed by atoms with Gasteiger partial charge < -0.3 is 58.3 Å². The minimum atomic E-state index is -0.945. The molecule has 0 saturated carbocycles. The first-order valence-corrected chi connectivity index (χ1v) is 29.7. The van der Waals surface area contributed by atoms with Gasteiger partial charge in [-0.1, -0.05) is 77.9 Å². The second kappa shape index (κ2) is 31.8. The predicted octanol–water partition coefficient (Wildman–Crippen LogP) is 8.62. The molecule has 4 aromatic carbocycles. The van der Waals surface area contributed by atoms with E-state index in [0.29, 0.717) is 123 Å². The maximum absolute atomic E-state index is 14.1. The molecule has 4 atom stereocenters. The molecule has 0 radical (unpaired) electrons. The van der Waals surface area contributed by atoms with E-state index in [4.69, 9.17) is 37.9 Å². The zero-order valence-electron chi connectivity index (χ0n) is 51.5. The van der Waals surface area contributed by atoms with E-state index in [1.807, 2.05) is 38.1 Å². The molecule has 4 amide bonds. The third-order valence-electron chi connectivity index (χ3n) is 16.2. The number of hydrogen-bond acceptors (Lipinski definition) is 16. The van der Waals surface area contributed by atoms with E-state index in [2.05, 4.69) is 10.6 Å². The van der Waals surface area contributed by atoms with Crippen LogP contribution in [0.5, 0.6) is 34.5 Å². The molecule has 20 heteroatoms. The average Bonchev–Trinajstić information content (AvgIpc) is 2.52. The highest BCUT2D eigenvalue weighted by Crippen LogP contribution is 2.36. The maximum Gasteiger partial charge on any atom is 0.329 e. The highest BCUT2D eigenvalue weighted by Gasteiger charge is 2.43. The summed E-state index contributed by atoms with van der Waals surface area (Å²) >= 11 is 0. The van der Waals surface area contributed by atoms with E-state index in [1.54, 1.807) is 117 Å². The van der Waals surface area contributed by atoms with Gasteiger partial charge in [-0.3, -0.25) is 28.8 Å². The summed E-state index contributed by atoms with van der Waals surface area (Å²) in [7, 11) is 6.19. The molecule has 2 saturated heterocycles. The molecule has 2 fully saturated rings. The number of esters is 2. The number of hydrogen-bond donors (Lipinski definition) is 2. The van der Waals surface area contributed by atoms with Crippen molar-refractivity contribution >= 4 is 47.1 Å². The molecule has 2 heterocycles. The fraction of sp³-hybridized carbons (Fsp3) is 0.515. The number of carbonyl (C=O) groups is 8. The normalized spacial score (nSPS) is 15.9. The number of ketones is 2. The summed E-state index contributed by atoms with van der Waals surface area (Å²) in [5.74, 6) is -1.78. The maximum atomic E-state index is 14.1. The van der Waals surface area contributed by atoms with Gasteiger partial charge in [0.15, 0.2) is 36.2 Å². The van der Waals surface area contributed by atoms with Crippen LogP contribution in [0.1, 0.15) is 140 Å². The number of ether oxygens (including phenoxy) is 8. The molecule has 2 unspecified atom stereocenters. The number of benzene rings is 4. The van der Waals surface area contributed by atoms with Crippen molar-refractivity contribution < 1.29 is 76.3 Å². The van der Waals surface area contributed by atoms with Gasteiger partial charge in [-0.15, -0.1) is 0 Å². The number of methoxy groups -OCH3 is 4. The van der Waals surface area contributed by atoms with Crippen molar-refractivity contribution in [1.82, 2.24) is 20.4 Å². The summed E-state index contributed by atoms with van der Waals surface area (Å²) < 4.78 is 46.2. The Labute approximate surface area is 505 Å². The molecular weight excluding hydrogens is 1100 g/mol. The van der Waals surface area contributed by atoms with E-state index in [9.17, 15) is 38.4 Å². The van der Waals surface area contributed by atoms with Crippen molar-refractivity contribution in [2.75, 3.05) is 67.8 Å². The molecule has 0 bridgehead atoms. The van der Waals surface area contributed by atoms with Crippen molar-refractivity contribution in [1.29, 1.82) is 0 Å². The molecule has 466 valence electrons. The largest absolute Gasteiger partial charge is 0.493 e. The summed E-state index contributed by atoms with van der Waals surface area (Å²) in [6.07, 6.45) is 4.21. The molecule has 0 aliphatic carbocycles. The minimum Gasteiger partial charge on any atom is -0.493 e. The van der Waals surface area contributed by atoms with Crippen LogP contribution in [0.3, 0.4) is 0 Å². The number of likely N-dealkylation sites (tertiary alicyclic amines) is 2. The van der Waals surface area contributed by atoms with Crippen molar-refractivity contribution in [2.24, 2.45) is 10.8 Å². The Balaban J connectivity index is 1.05. The van der Waals surface area contributed by atoms with Gasteiger partial charge in [0.25, 0.3) is 23.6 Å². The van der Waals surface area contributed by atoms with E-state index in [-0.39, 0.29) is 39.4 Å². The van der Waals surface area contributed by atoms with Crippen molar-refractivity contribution in [3.8, 4) is 34.5 Å². The van der Waals surface area contributed by atoms with Gasteiger partial charge in [0.05, 0.1) is 28.4 Å². The van der Waals surface area contributed by atoms with Gasteiger partial charge in [0.2, 0.25) is 11.6 Å². The lowest BCUT2D eigenvalue weighted by Gasteiger charge is -2.36. The Bertz CT molecular complexity index is 2810. The average molecular weight is 1190 g/mol. The number of aryl methyl sites for hydroxylation is 2. The first kappa shape index (κ1) is 67.0.